The van der Waals surface area contributed by atoms with Gasteiger partial charge < -0.3 is 9.47 Å². The van der Waals surface area contributed by atoms with E-state index in [2.05, 4.69) is 19.9 Å². The summed E-state index contributed by atoms with van der Waals surface area (Å²) in [7, 11) is 0. The smallest absolute Gasteiger partial charge is 0.302 e. The van der Waals surface area contributed by atoms with Gasteiger partial charge in [0, 0.05) is 25.7 Å². The van der Waals surface area contributed by atoms with Crippen molar-refractivity contribution in [3.05, 3.63) is 11.6 Å². The predicted octanol–water partition coefficient (Wildman–Crippen LogP) is 4.81. The molecule has 0 spiro atoms. The lowest BCUT2D eigenvalue weighted by atomic mass is 9.48. The van der Waals surface area contributed by atoms with Gasteiger partial charge in [0.15, 0.2) is 0 Å². The Morgan fingerprint density at radius 2 is 1.70 bits per heavy atom. The Bertz CT molecular complexity index is 667. The van der Waals surface area contributed by atoms with Gasteiger partial charge in [0.1, 0.15) is 12.2 Å². The third-order valence-electron chi connectivity index (χ3n) is 8.61. The monoisotopic (exact) mass is 374 g/mol. The van der Waals surface area contributed by atoms with E-state index in [4.69, 9.17) is 9.47 Å². The standard InChI is InChI=1S/C23H34O4/c1-14(24)26-17-9-11-22(3)16(13-17)5-6-18-19-7-8-21(27-15(2)25)23(19,4)12-10-20(18)22/h5,17-21H,6-13H2,1-4H3/t17-,18+,19+,20+,21-,22-,23-/m0/s1. The van der Waals surface area contributed by atoms with Crippen molar-refractivity contribution in [1.82, 2.24) is 0 Å². The highest BCUT2D eigenvalue weighted by atomic mass is 16.5. The first-order valence-corrected chi connectivity index (χ1v) is 10.8. The molecule has 0 aromatic carbocycles. The van der Waals surface area contributed by atoms with E-state index >= 15 is 0 Å². The first kappa shape index (κ1) is 19.0. The molecule has 0 saturated heterocycles. The van der Waals surface area contributed by atoms with Crippen LogP contribution in [0.2, 0.25) is 0 Å². The molecule has 4 nitrogen and oxygen atoms in total. The molecule has 0 N–H and O–H groups in total. The topological polar surface area (TPSA) is 52.6 Å². The van der Waals surface area contributed by atoms with Gasteiger partial charge in [-0.2, -0.15) is 0 Å². The molecular weight excluding hydrogens is 340 g/mol. The molecule has 3 saturated carbocycles. The average Bonchev–Trinajstić information content (AvgIpc) is 2.91. The molecule has 0 aliphatic heterocycles. The molecule has 7 atom stereocenters. The second-order valence-electron chi connectivity index (χ2n) is 9.95. The Hall–Kier alpha value is -1.32. The molecule has 0 bridgehead atoms. The quantitative estimate of drug-likeness (QED) is 0.514. The van der Waals surface area contributed by atoms with Crippen molar-refractivity contribution in [2.75, 3.05) is 0 Å². The van der Waals surface area contributed by atoms with Gasteiger partial charge in [-0.3, -0.25) is 9.59 Å². The van der Waals surface area contributed by atoms with E-state index in [1.54, 1.807) is 6.92 Å². The van der Waals surface area contributed by atoms with E-state index in [0.29, 0.717) is 17.8 Å². The van der Waals surface area contributed by atoms with Crippen molar-refractivity contribution in [2.45, 2.75) is 91.3 Å². The van der Waals surface area contributed by atoms with Crippen LogP contribution in [0.3, 0.4) is 0 Å². The van der Waals surface area contributed by atoms with Gasteiger partial charge in [0.2, 0.25) is 0 Å². The van der Waals surface area contributed by atoms with Crippen LogP contribution in [0.5, 0.6) is 0 Å². The van der Waals surface area contributed by atoms with E-state index in [9.17, 15) is 9.59 Å². The van der Waals surface area contributed by atoms with Crippen LogP contribution in [0.4, 0.5) is 0 Å². The number of allylic oxidation sites excluding steroid dienone is 1. The highest BCUT2D eigenvalue weighted by Gasteiger charge is 2.59. The summed E-state index contributed by atoms with van der Waals surface area (Å²) in [4.78, 5) is 22.9. The third-order valence-corrected chi connectivity index (χ3v) is 8.61. The lowest BCUT2D eigenvalue weighted by Crippen LogP contribution is -2.51. The van der Waals surface area contributed by atoms with Crippen LogP contribution in [0.1, 0.15) is 79.1 Å². The maximum atomic E-state index is 11.6. The SMILES string of the molecule is CC(=O)O[C@H]1CC[C@@]2(C)C(=CC[C@@H]3[C@H]4CC[C@H](OC(C)=O)[C@@]4(C)CC[C@H]32)C1. The number of rotatable bonds is 2. The first-order valence-electron chi connectivity index (χ1n) is 10.8. The van der Waals surface area contributed by atoms with Crippen molar-refractivity contribution < 1.29 is 19.1 Å². The number of fused-ring (bicyclic) bond motifs is 5. The Morgan fingerprint density at radius 1 is 0.963 bits per heavy atom. The van der Waals surface area contributed by atoms with Crippen molar-refractivity contribution in [1.29, 1.82) is 0 Å². The van der Waals surface area contributed by atoms with Gasteiger partial charge in [-0.15, -0.1) is 0 Å². The number of hydrogen-bond donors (Lipinski definition) is 0. The molecule has 0 amide bonds. The number of esters is 2. The summed E-state index contributed by atoms with van der Waals surface area (Å²) in [6.45, 7) is 7.88. The molecule has 0 unspecified atom stereocenters. The highest BCUT2D eigenvalue weighted by Crippen LogP contribution is 2.65. The average molecular weight is 375 g/mol. The van der Waals surface area contributed by atoms with Crippen LogP contribution in [-0.2, 0) is 19.1 Å². The summed E-state index contributed by atoms with van der Waals surface area (Å²) < 4.78 is 11.3. The molecule has 4 aliphatic rings. The zero-order valence-corrected chi connectivity index (χ0v) is 17.3. The van der Waals surface area contributed by atoms with Gasteiger partial charge in [-0.1, -0.05) is 25.5 Å². The third kappa shape index (κ3) is 3.03. The second kappa shape index (κ2) is 6.63. The largest absolute Gasteiger partial charge is 0.462 e. The fourth-order valence-corrected chi connectivity index (χ4v) is 7.31. The van der Waals surface area contributed by atoms with Crippen LogP contribution >= 0.6 is 0 Å². The minimum Gasteiger partial charge on any atom is -0.462 e. The maximum Gasteiger partial charge on any atom is 0.302 e. The van der Waals surface area contributed by atoms with E-state index in [1.165, 1.54) is 25.3 Å². The molecule has 0 aromatic rings. The Labute approximate surface area is 163 Å². The van der Waals surface area contributed by atoms with Crippen LogP contribution in [0, 0.1) is 28.6 Å². The first-order chi connectivity index (χ1) is 12.7. The molecule has 0 aromatic heterocycles. The Balaban J connectivity index is 1.55. The van der Waals surface area contributed by atoms with Crippen molar-refractivity contribution in [3.8, 4) is 0 Å². The number of ether oxygens (including phenoxy) is 2. The molecule has 27 heavy (non-hydrogen) atoms. The number of carbonyl (C=O) groups is 2. The minimum absolute atomic E-state index is 0.0621. The van der Waals surface area contributed by atoms with Crippen LogP contribution in [-0.4, -0.2) is 24.1 Å². The maximum absolute atomic E-state index is 11.6. The Morgan fingerprint density at radius 3 is 2.41 bits per heavy atom. The van der Waals surface area contributed by atoms with Gasteiger partial charge in [0.05, 0.1) is 0 Å². The molecule has 0 radical (unpaired) electrons. The summed E-state index contributed by atoms with van der Waals surface area (Å²) in [5.74, 6) is 1.77. The van der Waals surface area contributed by atoms with Gasteiger partial charge in [-0.05, 0) is 68.1 Å². The summed E-state index contributed by atoms with van der Waals surface area (Å²) in [5, 5.41) is 0. The number of carbonyl (C=O) groups excluding carboxylic acids is 2. The summed E-state index contributed by atoms with van der Waals surface area (Å²) >= 11 is 0. The van der Waals surface area contributed by atoms with Crippen LogP contribution in [0.25, 0.3) is 0 Å². The lowest BCUT2D eigenvalue weighted by molar-refractivity contribution is -0.157. The fraction of sp³-hybridized carbons (Fsp3) is 0.826. The van der Waals surface area contributed by atoms with Crippen molar-refractivity contribution in [3.63, 3.8) is 0 Å². The van der Waals surface area contributed by atoms with Gasteiger partial charge >= 0.3 is 11.9 Å². The second-order valence-corrected chi connectivity index (χ2v) is 9.95. The number of hydrogen-bond acceptors (Lipinski definition) is 4. The molecule has 3 fully saturated rings. The van der Waals surface area contributed by atoms with Crippen molar-refractivity contribution >= 4 is 11.9 Å². The van der Waals surface area contributed by atoms with Crippen LogP contribution in [0.15, 0.2) is 11.6 Å². The molecule has 4 rings (SSSR count). The molecular formula is C23H34O4. The summed E-state index contributed by atoms with van der Waals surface area (Å²) in [5.41, 5.74) is 1.92. The van der Waals surface area contributed by atoms with E-state index in [1.807, 2.05) is 0 Å². The fourth-order valence-electron chi connectivity index (χ4n) is 7.31. The van der Waals surface area contributed by atoms with Crippen molar-refractivity contribution in [2.24, 2.45) is 28.6 Å². The lowest BCUT2D eigenvalue weighted by Gasteiger charge is -2.57. The van der Waals surface area contributed by atoms with Gasteiger partial charge in [-0.25, -0.2) is 0 Å². The molecule has 4 aliphatic carbocycles. The zero-order chi connectivity index (χ0) is 19.4. The Kier molecular flexibility index (Phi) is 4.67. The predicted molar refractivity (Wildman–Crippen MR) is 103 cm³/mol. The van der Waals surface area contributed by atoms with Gasteiger partial charge in [0.25, 0.3) is 0 Å². The normalized spacial score (nSPS) is 45.8. The molecule has 0 heterocycles. The summed E-state index contributed by atoms with van der Waals surface area (Å²) in [6.07, 6.45) is 11.4. The molecule has 150 valence electrons. The van der Waals surface area contributed by atoms with E-state index in [0.717, 1.165) is 38.5 Å². The van der Waals surface area contributed by atoms with E-state index < -0.39 is 0 Å². The zero-order valence-electron chi connectivity index (χ0n) is 17.3. The van der Waals surface area contributed by atoms with Crippen LogP contribution < -0.4 is 0 Å². The molecule has 4 heteroatoms. The van der Waals surface area contributed by atoms with E-state index in [-0.39, 0.29) is 35.0 Å². The highest BCUT2D eigenvalue weighted by molar-refractivity contribution is 5.66. The minimum atomic E-state index is -0.159. The summed E-state index contributed by atoms with van der Waals surface area (Å²) in [6, 6.07) is 0.